The molecule has 0 amide bonds. The van der Waals surface area contributed by atoms with Crippen molar-refractivity contribution < 1.29 is 26.0 Å². The molecule has 0 aliphatic carbocycles. The topological polar surface area (TPSA) is 49.7 Å². The van der Waals surface area contributed by atoms with Crippen molar-refractivity contribution in [2.45, 2.75) is 23.4 Å². The third-order valence-electron chi connectivity index (χ3n) is 5.26. The fourth-order valence-corrected chi connectivity index (χ4v) is 4.88. The maximum absolute atomic E-state index is 13.5. The molecule has 166 valence electrons. The van der Waals surface area contributed by atoms with Crippen molar-refractivity contribution in [2.75, 3.05) is 6.54 Å². The Bertz CT molecular complexity index is 1220. The Hall–Kier alpha value is -3.20. The summed E-state index contributed by atoms with van der Waals surface area (Å²) in [6, 6.07) is 18.3. The van der Waals surface area contributed by atoms with E-state index in [2.05, 4.69) is 5.10 Å². The molecule has 4 rings (SSSR count). The van der Waals surface area contributed by atoms with E-state index in [0.717, 1.165) is 34.2 Å². The van der Waals surface area contributed by atoms with Gasteiger partial charge in [-0.15, -0.1) is 0 Å². The van der Waals surface area contributed by atoms with E-state index in [1.54, 1.807) is 0 Å². The van der Waals surface area contributed by atoms with Crippen LogP contribution in [-0.4, -0.2) is 25.1 Å². The van der Waals surface area contributed by atoms with Crippen LogP contribution in [0, 0.1) is 5.82 Å². The van der Waals surface area contributed by atoms with Gasteiger partial charge in [0.15, 0.2) is 0 Å². The molecule has 1 heterocycles. The van der Waals surface area contributed by atoms with Crippen LogP contribution in [0.3, 0.4) is 0 Å². The van der Waals surface area contributed by atoms with Crippen molar-refractivity contribution in [2.24, 2.45) is 5.10 Å². The molecule has 1 unspecified atom stereocenters. The van der Waals surface area contributed by atoms with Gasteiger partial charge in [0.2, 0.25) is 0 Å². The maximum atomic E-state index is 13.5. The molecule has 3 aromatic carbocycles. The second-order valence-electron chi connectivity index (χ2n) is 7.32. The minimum absolute atomic E-state index is 0.0492. The van der Waals surface area contributed by atoms with Gasteiger partial charge >= 0.3 is 6.18 Å². The normalized spacial score (nSPS) is 17.2. The second kappa shape index (κ2) is 8.38. The summed E-state index contributed by atoms with van der Waals surface area (Å²) in [5.74, 6) is -0.656. The minimum atomic E-state index is -4.57. The third kappa shape index (κ3) is 4.38. The zero-order valence-corrected chi connectivity index (χ0v) is 17.4. The van der Waals surface area contributed by atoms with Gasteiger partial charge in [-0.2, -0.15) is 31.1 Å². The van der Waals surface area contributed by atoms with Crippen molar-refractivity contribution in [1.82, 2.24) is 4.41 Å². The third-order valence-corrected chi connectivity index (χ3v) is 6.94. The summed E-state index contributed by atoms with van der Waals surface area (Å²) in [5.41, 5.74) is 1.00. The van der Waals surface area contributed by atoms with Crippen LogP contribution < -0.4 is 0 Å². The first-order valence-corrected chi connectivity index (χ1v) is 11.2. The fraction of sp³-hybridized carbons (Fsp3) is 0.174. The second-order valence-corrected chi connectivity index (χ2v) is 9.16. The number of sulfonamides is 1. The van der Waals surface area contributed by atoms with Crippen LogP contribution in [0.5, 0.6) is 0 Å². The number of hydrogen-bond acceptors (Lipinski definition) is 3. The number of nitrogens with zero attached hydrogens (tertiary/aromatic N) is 2. The van der Waals surface area contributed by atoms with Gasteiger partial charge in [0.25, 0.3) is 10.0 Å². The summed E-state index contributed by atoms with van der Waals surface area (Å²) in [7, 11) is -4.17. The van der Waals surface area contributed by atoms with Gasteiger partial charge in [0, 0.05) is 5.92 Å². The standard InChI is InChI=1S/C23H18F4N2O2S/c24-19-10-6-17(7-11-19)22-21(16-4-2-1-3-5-16)14-15-29(28-22)32(30,31)20-12-8-18(9-13-20)23(25,26)27/h1-13,21H,14-15H2. The first-order chi connectivity index (χ1) is 15.2. The molecule has 3 aromatic rings. The van der Waals surface area contributed by atoms with E-state index in [-0.39, 0.29) is 17.4 Å². The van der Waals surface area contributed by atoms with E-state index in [0.29, 0.717) is 17.7 Å². The van der Waals surface area contributed by atoms with E-state index >= 15 is 0 Å². The molecule has 0 N–H and O–H groups in total. The van der Waals surface area contributed by atoms with Crippen molar-refractivity contribution in [3.8, 4) is 0 Å². The van der Waals surface area contributed by atoms with Gasteiger partial charge in [0.1, 0.15) is 5.82 Å². The Labute approximate surface area is 182 Å². The lowest BCUT2D eigenvalue weighted by atomic mass is 9.86. The van der Waals surface area contributed by atoms with Crippen LogP contribution in [-0.2, 0) is 16.2 Å². The van der Waals surface area contributed by atoms with Crippen LogP contribution >= 0.6 is 0 Å². The average molecular weight is 462 g/mol. The van der Waals surface area contributed by atoms with Gasteiger partial charge in [-0.05, 0) is 53.9 Å². The number of alkyl halides is 3. The molecule has 1 aliphatic rings. The summed E-state index contributed by atoms with van der Waals surface area (Å²) < 4.78 is 79.0. The Kier molecular flexibility index (Phi) is 5.77. The molecule has 0 fully saturated rings. The number of benzene rings is 3. The van der Waals surface area contributed by atoms with Crippen molar-refractivity contribution in [1.29, 1.82) is 0 Å². The Balaban J connectivity index is 1.74. The molecular formula is C23H18F4N2O2S. The lowest BCUT2D eigenvalue weighted by molar-refractivity contribution is -0.137. The highest BCUT2D eigenvalue weighted by Gasteiger charge is 2.34. The molecule has 4 nitrogen and oxygen atoms in total. The highest BCUT2D eigenvalue weighted by molar-refractivity contribution is 7.89. The van der Waals surface area contributed by atoms with E-state index in [1.165, 1.54) is 24.3 Å². The first-order valence-electron chi connectivity index (χ1n) is 9.75. The lowest BCUT2D eigenvalue weighted by Crippen LogP contribution is -2.35. The molecule has 1 aliphatic heterocycles. The molecule has 1 atom stereocenters. The number of rotatable bonds is 4. The van der Waals surface area contributed by atoms with E-state index in [4.69, 9.17) is 0 Å². The fourth-order valence-electron chi connectivity index (χ4n) is 3.62. The summed E-state index contributed by atoms with van der Waals surface area (Å²) in [6.45, 7) is 0.0492. The number of hydrogen-bond donors (Lipinski definition) is 0. The van der Waals surface area contributed by atoms with Crippen molar-refractivity contribution >= 4 is 15.7 Å². The smallest absolute Gasteiger partial charge is 0.207 e. The molecule has 0 saturated heterocycles. The summed E-state index contributed by atoms with van der Waals surface area (Å²) in [4.78, 5) is -0.286. The van der Waals surface area contributed by atoms with E-state index in [9.17, 15) is 26.0 Å². The van der Waals surface area contributed by atoms with Gasteiger partial charge in [-0.1, -0.05) is 42.5 Å². The quantitative estimate of drug-likeness (QED) is 0.486. The summed E-state index contributed by atoms with van der Waals surface area (Å²) in [5, 5.41) is 4.38. The molecule has 32 heavy (non-hydrogen) atoms. The predicted octanol–water partition coefficient (Wildman–Crippen LogP) is 5.43. The van der Waals surface area contributed by atoms with Crippen LogP contribution in [0.15, 0.2) is 88.9 Å². The molecular weight excluding hydrogens is 444 g/mol. The zero-order chi connectivity index (χ0) is 22.9. The number of halogens is 4. The lowest BCUT2D eigenvalue weighted by Gasteiger charge is -2.31. The number of hydrazone groups is 1. The average Bonchev–Trinajstić information content (AvgIpc) is 2.79. The Morgan fingerprint density at radius 2 is 1.50 bits per heavy atom. The van der Waals surface area contributed by atoms with Gasteiger partial charge < -0.3 is 0 Å². The molecule has 0 aromatic heterocycles. The molecule has 0 radical (unpaired) electrons. The van der Waals surface area contributed by atoms with Gasteiger partial charge in [0.05, 0.1) is 22.7 Å². The van der Waals surface area contributed by atoms with E-state index in [1.807, 2.05) is 30.3 Å². The van der Waals surface area contributed by atoms with Crippen molar-refractivity contribution in [3.63, 3.8) is 0 Å². The molecule has 9 heteroatoms. The Morgan fingerprint density at radius 3 is 2.09 bits per heavy atom. The molecule has 0 spiro atoms. The Morgan fingerprint density at radius 1 is 0.875 bits per heavy atom. The predicted molar refractivity (Wildman–Crippen MR) is 112 cm³/mol. The molecule has 0 bridgehead atoms. The minimum Gasteiger partial charge on any atom is -0.207 e. The SMILES string of the molecule is O=S(=O)(c1ccc(C(F)(F)F)cc1)N1CCC(c2ccccc2)C(c2ccc(F)cc2)=N1. The first kappa shape index (κ1) is 22.0. The highest BCUT2D eigenvalue weighted by Crippen LogP contribution is 2.33. The molecule has 0 saturated carbocycles. The zero-order valence-electron chi connectivity index (χ0n) is 16.6. The van der Waals surface area contributed by atoms with Gasteiger partial charge in [-0.3, -0.25) is 0 Å². The van der Waals surface area contributed by atoms with E-state index < -0.39 is 27.6 Å². The monoisotopic (exact) mass is 462 g/mol. The summed E-state index contributed by atoms with van der Waals surface area (Å²) >= 11 is 0. The van der Waals surface area contributed by atoms with Gasteiger partial charge in [-0.25, -0.2) is 4.39 Å². The van der Waals surface area contributed by atoms with Crippen LogP contribution in [0.4, 0.5) is 17.6 Å². The highest BCUT2D eigenvalue weighted by atomic mass is 32.2. The summed E-state index contributed by atoms with van der Waals surface area (Å²) in [6.07, 6.45) is -4.16. The van der Waals surface area contributed by atoms with Crippen LogP contribution in [0.2, 0.25) is 0 Å². The maximum Gasteiger partial charge on any atom is 0.416 e. The van der Waals surface area contributed by atoms with Crippen molar-refractivity contribution in [3.05, 3.63) is 101 Å². The van der Waals surface area contributed by atoms with Crippen LogP contribution in [0.25, 0.3) is 0 Å². The van der Waals surface area contributed by atoms with Crippen LogP contribution in [0.1, 0.15) is 29.0 Å². The largest absolute Gasteiger partial charge is 0.416 e.